The summed E-state index contributed by atoms with van der Waals surface area (Å²) in [5.74, 6) is 0.699. The van der Waals surface area contributed by atoms with Crippen LogP contribution < -0.4 is 16.4 Å². The predicted molar refractivity (Wildman–Crippen MR) is 129 cm³/mol. The lowest BCUT2D eigenvalue weighted by Gasteiger charge is -2.26. The van der Waals surface area contributed by atoms with E-state index in [0.29, 0.717) is 12.0 Å². The van der Waals surface area contributed by atoms with E-state index >= 15 is 0 Å². The summed E-state index contributed by atoms with van der Waals surface area (Å²) < 4.78 is 1.77. The van der Waals surface area contributed by atoms with Gasteiger partial charge >= 0.3 is 0 Å². The van der Waals surface area contributed by atoms with Crippen LogP contribution in [0.3, 0.4) is 0 Å². The summed E-state index contributed by atoms with van der Waals surface area (Å²) in [6.45, 7) is 5.74. The van der Waals surface area contributed by atoms with Crippen molar-refractivity contribution in [2.24, 2.45) is 5.73 Å². The highest BCUT2D eigenvalue weighted by molar-refractivity contribution is 6.29. The van der Waals surface area contributed by atoms with Gasteiger partial charge in [-0.2, -0.15) is 5.10 Å². The normalized spacial score (nSPS) is 16.8. The number of rotatable bonds is 5. The zero-order valence-electron chi connectivity index (χ0n) is 18.3. The molecule has 0 unspecified atom stereocenters. The van der Waals surface area contributed by atoms with E-state index in [2.05, 4.69) is 9.88 Å². The molecule has 0 radical (unpaired) electrons. The number of hydrogen-bond acceptors (Lipinski definition) is 7. The van der Waals surface area contributed by atoms with Gasteiger partial charge in [-0.3, -0.25) is 4.79 Å². The van der Waals surface area contributed by atoms with Crippen molar-refractivity contribution in [1.82, 2.24) is 24.5 Å². The van der Waals surface area contributed by atoms with Crippen molar-refractivity contribution < 1.29 is 4.79 Å². The Kier molecular flexibility index (Phi) is 7.12. The first-order valence-corrected chi connectivity index (χ1v) is 10.7. The highest BCUT2D eigenvalue weighted by atomic mass is 35.5. The number of nitrogens with zero attached hydrogens (tertiary/aromatic N) is 6. The molecule has 1 saturated heterocycles. The standard InChI is InChI=1S/C21H27ClN8O.ClH/c1-4-17(28(3)21(31)14-7-18(22)25-9-15(14)24)16-8-19-26-20(12(2)10-30(19)27-16)29-6-5-13(23)11-29;/h7-10,13,17H,4-6,11,23-24H2,1-3H3;1H/t13-,17-;/m0./s1. The van der Waals surface area contributed by atoms with Crippen molar-refractivity contribution in [1.29, 1.82) is 0 Å². The van der Waals surface area contributed by atoms with Crippen molar-refractivity contribution in [3.05, 3.63) is 46.5 Å². The molecule has 32 heavy (non-hydrogen) atoms. The number of anilines is 2. The third kappa shape index (κ3) is 4.46. The number of carbonyl (C=O) groups excluding carboxylic acids is 1. The molecule has 172 valence electrons. The van der Waals surface area contributed by atoms with E-state index in [0.717, 1.165) is 42.2 Å². The number of aryl methyl sites for hydroxylation is 1. The van der Waals surface area contributed by atoms with Gasteiger partial charge in [0.2, 0.25) is 0 Å². The van der Waals surface area contributed by atoms with Crippen LogP contribution >= 0.6 is 24.0 Å². The first-order chi connectivity index (χ1) is 14.8. The van der Waals surface area contributed by atoms with E-state index in [4.69, 9.17) is 33.2 Å². The highest BCUT2D eigenvalue weighted by Gasteiger charge is 2.27. The summed E-state index contributed by atoms with van der Waals surface area (Å²) in [5, 5.41) is 4.93. The molecular weight excluding hydrogens is 451 g/mol. The SMILES string of the molecule is CC[C@@H](c1cc2nc(N3CC[C@H](N)C3)c(C)cn2n1)N(C)C(=O)c1cc(Cl)ncc1N.Cl. The van der Waals surface area contributed by atoms with Gasteiger partial charge in [0.25, 0.3) is 5.91 Å². The molecule has 0 bridgehead atoms. The van der Waals surface area contributed by atoms with Gasteiger partial charge in [0.15, 0.2) is 5.65 Å². The van der Waals surface area contributed by atoms with Crippen LogP contribution in [0, 0.1) is 6.92 Å². The summed E-state index contributed by atoms with van der Waals surface area (Å²) in [7, 11) is 1.74. The zero-order valence-corrected chi connectivity index (χ0v) is 19.9. The number of halogens is 2. The minimum absolute atomic E-state index is 0. The van der Waals surface area contributed by atoms with Crippen molar-refractivity contribution in [2.75, 3.05) is 30.8 Å². The third-order valence-corrected chi connectivity index (χ3v) is 6.00. The molecule has 1 amide bonds. The number of aromatic nitrogens is 4. The number of amides is 1. The lowest BCUT2D eigenvalue weighted by molar-refractivity contribution is 0.0723. The minimum atomic E-state index is -0.246. The molecule has 1 fully saturated rings. The molecule has 11 heteroatoms. The van der Waals surface area contributed by atoms with Crippen LogP contribution in [0.25, 0.3) is 5.65 Å². The summed E-state index contributed by atoms with van der Waals surface area (Å²) in [6.07, 6.45) is 5.01. The molecule has 4 rings (SSSR count). The molecule has 0 spiro atoms. The predicted octanol–water partition coefficient (Wildman–Crippen LogP) is 2.85. The van der Waals surface area contributed by atoms with Gasteiger partial charge in [-0.1, -0.05) is 18.5 Å². The molecule has 0 aromatic carbocycles. The van der Waals surface area contributed by atoms with Gasteiger partial charge in [0.1, 0.15) is 11.0 Å². The second-order valence-corrected chi connectivity index (χ2v) is 8.44. The zero-order chi connectivity index (χ0) is 22.3. The first-order valence-electron chi connectivity index (χ1n) is 10.3. The molecule has 1 aliphatic heterocycles. The maximum Gasteiger partial charge on any atom is 0.256 e. The van der Waals surface area contributed by atoms with Gasteiger partial charge in [-0.05, 0) is 25.8 Å². The number of carbonyl (C=O) groups is 1. The largest absolute Gasteiger partial charge is 0.397 e. The molecule has 4 N–H and O–H groups in total. The number of hydrogen-bond donors (Lipinski definition) is 2. The van der Waals surface area contributed by atoms with Gasteiger partial charge in [-0.25, -0.2) is 14.5 Å². The molecule has 2 atom stereocenters. The topological polar surface area (TPSA) is 119 Å². The summed E-state index contributed by atoms with van der Waals surface area (Å²) >= 11 is 5.97. The fourth-order valence-corrected chi connectivity index (χ4v) is 4.28. The molecule has 4 heterocycles. The quantitative estimate of drug-likeness (QED) is 0.540. The second-order valence-electron chi connectivity index (χ2n) is 8.05. The van der Waals surface area contributed by atoms with E-state index in [-0.39, 0.29) is 41.2 Å². The molecular formula is C21H28Cl2N8O. The van der Waals surface area contributed by atoms with Crippen molar-refractivity contribution >= 4 is 47.1 Å². The Morgan fingerprint density at radius 2 is 2.16 bits per heavy atom. The third-order valence-electron chi connectivity index (χ3n) is 5.80. The molecule has 9 nitrogen and oxygen atoms in total. The van der Waals surface area contributed by atoms with E-state index in [1.54, 1.807) is 16.5 Å². The lowest BCUT2D eigenvalue weighted by atomic mass is 10.1. The molecule has 3 aromatic rings. The molecule has 0 saturated carbocycles. The Morgan fingerprint density at radius 1 is 1.41 bits per heavy atom. The van der Waals surface area contributed by atoms with Crippen LogP contribution in [0.2, 0.25) is 5.15 Å². The average molecular weight is 479 g/mol. The Labute approximate surface area is 198 Å². The first kappa shape index (κ1) is 24.0. The lowest BCUT2D eigenvalue weighted by Crippen LogP contribution is -2.31. The minimum Gasteiger partial charge on any atom is -0.397 e. The number of nitrogens with two attached hydrogens (primary N) is 2. The number of nitrogen functional groups attached to an aromatic ring is 1. The van der Waals surface area contributed by atoms with Crippen LogP contribution in [0.4, 0.5) is 11.5 Å². The highest BCUT2D eigenvalue weighted by Crippen LogP contribution is 2.28. The fourth-order valence-electron chi connectivity index (χ4n) is 4.12. The van der Waals surface area contributed by atoms with Crippen LogP contribution in [-0.4, -0.2) is 56.6 Å². The van der Waals surface area contributed by atoms with Crippen LogP contribution in [0.5, 0.6) is 0 Å². The Balaban J connectivity index is 0.00000289. The van der Waals surface area contributed by atoms with Crippen molar-refractivity contribution in [3.8, 4) is 0 Å². The molecule has 0 aliphatic carbocycles. The summed E-state index contributed by atoms with van der Waals surface area (Å²) in [5.41, 5.74) is 15.2. The van der Waals surface area contributed by atoms with Gasteiger partial charge in [0.05, 0.1) is 29.2 Å². The fraction of sp³-hybridized carbons (Fsp3) is 0.429. The Morgan fingerprint density at radius 3 is 2.81 bits per heavy atom. The van der Waals surface area contributed by atoms with E-state index < -0.39 is 0 Å². The number of fused-ring (bicyclic) bond motifs is 1. The van der Waals surface area contributed by atoms with Crippen molar-refractivity contribution in [2.45, 2.75) is 38.8 Å². The van der Waals surface area contributed by atoms with E-state index in [9.17, 15) is 4.79 Å². The van der Waals surface area contributed by atoms with Crippen LogP contribution in [-0.2, 0) is 0 Å². The Hall–Kier alpha value is -2.62. The van der Waals surface area contributed by atoms with Gasteiger partial charge in [0, 0.05) is 44.0 Å². The molecule has 1 aliphatic rings. The van der Waals surface area contributed by atoms with Gasteiger partial charge in [-0.15, -0.1) is 12.4 Å². The maximum atomic E-state index is 13.1. The Bertz CT molecular complexity index is 1130. The summed E-state index contributed by atoms with van der Waals surface area (Å²) in [4.78, 5) is 25.7. The van der Waals surface area contributed by atoms with Gasteiger partial charge < -0.3 is 21.3 Å². The van der Waals surface area contributed by atoms with Crippen LogP contribution in [0.15, 0.2) is 24.5 Å². The summed E-state index contributed by atoms with van der Waals surface area (Å²) in [6, 6.07) is 3.35. The number of pyridine rings is 1. The van der Waals surface area contributed by atoms with Crippen molar-refractivity contribution in [3.63, 3.8) is 0 Å². The molecule has 3 aromatic heterocycles. The van der Waals surface area contributed by atoms with E-state index in [1.165, 1.54) is 12.3 Å². The van der Waals surface area contributed by atoms with E-state index in [1.807, 2.05) is 26.1 Å². The second kappa shape index (κ2) is 9.48. The van der Waals surface area contributed by atoms with Crippen LogP contribution in [0.1, 0.15) is 47.4 Å². The smallest absolute Gasteiger partial charge is 0.256 e. The maximum absolute atomic E-state index is 13.1. The average Bonchev–Trinajstić information content (AvgIpc) is 3.34. The monoisotopic (exact) mass is 478 g/mol.